The van der Waals surface area contributed by atoms with Gasteiger partial charge >= 0.3 is 0 Å². The van der Waals surface area contributed by atoms with Crippen molar-refractivity contribution in [3.8, 4) is 0 Å². The molecule has 1 amide bonds. The van der Waals surface area contributed by atoms with E-state index >= 15 is 0 Å². The van der Waals surface area contributed by atoms with Crippen molar-refractivity contribution >= 4 is 23.1 Å². The normalized spacial score (nSPS) is 20.4. The van der Waals surface area contributed by atoms with Gasteiger partial charge in [-0.2, -0.15) is 5.10 Å². The third kappa shape index (κ3) is 5.18. The van der Waals surface area contributed by atoms with Crippen LogP contribution in [0, 0.1) is 13.5 Å². The number of aromatic nitrogens is 3. The number of anilines is 2. The van der Waals surface area contributed by atoms with Gasteiger partial charge in [-0.3, -0.25) is 14.6 Å². The number of nitrogens with two attached hydrogens (primary N) is 1. The minimum Gasteiger partial charge on any atom is -0.376 e. The summed E-state index contributed by atoms with van der Waals surface area (Å²) in [6.07, 6.45) is 4.24. The van der Waals surface area contributed by atoms with E-state index in [2.05, 4.69) is 29.8 Å². The first-order valence-corrected chi connectivity index (χ1v) is 11.5. The highest BCUT2D eigenvalue weighted by molar-refractivity contribution is 5.76. The van der Waals surface area contributed by atoms with Crippen molar-refractivity contribution in [3.05, 3.63) is 51.9 Å². The molecule has 34 heavy (non-hydrogen) atoms. The van der Waals surface area contributed by atoms with Gasteiger partial charge in [0, 0.05) is 57.1 Å². The van der Waals surface area contributed by atoms with Gasteiger partial charge in [0.2, 0.25) is 11.6 Å². The Morgan fingerprint density at radius 3 is 2.76 bits per heavy atom. The van der Waals surface area contributed by atoms with Crippen LogP contribution in [0.15, 0.2) is 29.3 Å². The zero-order chi connectivity index (χ0) is 24.1. The lowest BCUT2D eigenvalue weighted by molar-refractivity contribution is -0.133. The van der Waals surface area contributed by atoms with Crippen LogP contribution in [0.2, 0.25) is 0 Å². The maximum absolute atomic E-state index is 12.7. The molecule has 2 aliphatic heterocycles. The van der Waals surface area contributed by atoms with Gasteiger partial charge in [0.1, 0.15) is 5.82 Å². The highest BCUT2D eigenvalue weighted by Gasteiger charge is 2.33. The second kappa shape index (κ2) is 10.6. The first kappa shape index (κ1) is 23.7. The number of piperazine rings is 1. The van der Waals surface area contributed by atoms with Crippen LogP contribution in [-0.4, -0.2) is 84.0 Å². The Balaban J connectivity index is 1.23. The van der Waals surface area contributed by atoms with E-state index in [0.717, 1.165) is 17.9 Å². The molecule has 0 aromatic carbocycles. The number of aromatic amines is 1. The Morgan fingerprint density at radius 1 is 1.29 bits per heavy atom. The molecule has 2 aromatic rings. The molecule has 0 bridgehead atoms. The van der Waals surface area contributed by atoms with Gasteiger partial charge in [-0.25, -0.2) is 9.94 Å². The number of nitrogens with zero attached hydrogens (tertiary/aromatic N) is 6. The molecule has 2 aliphatic rings. The molecule has 0 saturated carbocycles. The lowest BCUT2D eigenvalue weighted by Crippen LogP contribution is -2.49. The van der Waals surface area contributed by atoms with Crippen LogP contribution in [0.4, 0.5) is 17.2 Å². The molecule has 2 atom stereocenters. The predicted octanol–water partition coefficient (Wildman–Crippen LogP) is 0.686. The fraction of sp³-hybridized carbons (Fsp3) is 0.522. The van der Waals surface area contributed by atoms with E-state index in [4.69, 9.17) is 17.0 Å². The molecule has 0 unspecified atom stereocenters. The fourth-order valence-electron chi connectivity index (χ4n) is 4.54. The van der Waals surface area contributed by atoms with Gasteiger partial charge in [0.05, 0.1) is 37.6 Å². The van der Waals surface area contributed by atoms with Gasteiger partial charge in [-0.05, 0) is 19.4 Å². The van der Waals surface area contributed by atoms with Crippen LogP contribution in [0.3, 0.4) is 0 Å². The summed E-state index contributed by atoms with van der Waals surface area (Å²) in [5.74, 6) is 0.907. The molecule has 2 fully saturated rings. The van der Waals surface area contributed by atoms with E-state index in [0.29, 0.717) is 63.5 Å². The van der Waals surface area contributed by atoms with Crippen LogP contribution >= 0.6 is 0 Å². The smallest absolute Gasteiger partial charge is 0.269 e. The lowest BCUT2D eigenvalue weighted by atomic mass is 10.2. The Labute approximate surface area is 198 Å². The summed E-state index contributed by atoms with van der Waals surface area (Å²) < 4.78 is 6.03. The van der Waals surface area contributed by atoms with Crippen molar-refractivity contribution < 1.29 is 9.53 Å². The van der Waals surface area contributed by atoms with Crippen molar-refractivity contribution in [1.82, 2.24) is 20.1 Å². The quantitative estimate of drug-likeness (QED) is 0.571. The van der Waals surface area contributed by atoms with Crippen molar-refractivity contribution in [2.45, 2.75) is 31.9 Å². The first-order valence-electron chi connectivity index (χ1n) is 11.5. The lowest BCUT2D eigenvalue weighted by Gasteiger charge is -2.35. The maximum Gasteiger partial charge on any atom is 0.269 e. The summed E-state index contributed by atoms with van der Waals surface area (Å²) in [6, 6.07) is 3.67. The van der Waals surface area contributed by atoms with Crippen molar-refractivity contribution in [2.75, 3.05) is 55.7 Å². The average molecular weight is 467 g/mol. The maximum atomic E-state index is 12.7. The molecule has 2 aromatic heterocycles. The predicted molar refractivity (Wildman–Crippen MR) is 128 cm³/mol. The van der Waals surface area contributed by atoms with E-state index in [9.17, 15) is 9.59 Å². The van der Waals surface area contributed by atoms with Gasteiger partial charge in [0.25, 0.3) is 5.56 Å². The SMILES string of the molecule is [C-]#[N+]c1ccc(N2CCN(C(=O)CCO[C@H]3C[C@@H](CN)N(c4cn[nH]c(=O)c4C)C3)CC2)nc1. The largest absolute Gasteiger partial charge is 0.376 e. The van der Waals surface area contributed by atoms with Crippen molar-refractivity contribution in [2.24, 2.45) is 5.73 Å². The molecule has 0 radical (unpaired) electrons. The molecule has 4 heterocycles. The number of H-pyrrole nitrogens is 1. The van der Waals surface area contributed by atoms with Crippen LogP contribution < -0.4 is 21.1 Å². The summed E-state index contributed by atoms with van der Waals surface area (Å²) in [5.41, 5.74) is 7.67. The molecule has 0 spiro atoms. The first-order chi connectivity index (χ1) is 16.5. The number of amides is 1. The molecule has 180 valence electrons. The Morgan fingerprint density at radius 2 is 2.09 bits per heavy atom. The number of carbonyl (C=O) groups is 1. The number of carbonyl (C=O) groups excluding carboxylic acids is 1. The Bertz CT molecular complexity index is 1090. The molecule has 11 heteroatoms. The Kier molecular flexibility index (Phi) is 7.40. The number of rotatable bonds is 7. The molecule has 2 saturated heterocycles. The molecule has 3 N–H and O–H groups in total. The number of hydrogen-bond donors (Lipinski definition) is 2. The van der Waals surface area contributed by atoms with E-state index < -0.39 is 0 Å². The summed E-state index contributed by atoms with van der Waals surface area (Å²) >= 11 is 0. The standard InChI is InChI=1S/C23H30N8O3/c1-16-20(14-27-28-23(16)33)31-15-19(11-18(31)12-24)34-10-5-22(32)30-8-6-29(7-9-30)21-4-3-17(25-2)13-26-21/h3-4,13-14,18-19H,5-12,15,24H2,1H3,(H,28,33)/t18-,19-/m0/s1. The van der Waals surface area contributed by atoms with Crippen molar-refractivity contribution in [3.63, 3.8) is 0 Å². The third-order valence-electron chi connectivity index (χ3n) is 6.52. The summed E-state index contributed by atoms with van der Waals surface area (Å²) in [5, 5.41) is 6.37. The van der Waals surface area contributed by atoms with Gasteiger partial charge in [-0.15, -0.1) is 0 Å². The fourth-order valence-corrected chi connectivity index (χ4v) is 4.54. The zero-order valence-corrected chi connectivity index (χ0v) is 19.3. The third-order valence-corrected chi connectivity index (χ3v) is 6.52. The second-order valence-electron chi connectivity index (χ2n) is 8.58. The zero-order valence-electron chi connectivity index (χ0n) is 19.3. The summed E-state index contributed by atoms with van der Waals surface area (Å²) in [4.78, 5) is 38.4. The van der Waals surface area contributed by atoms with Crippen molar-refractivity contribution in [1.29, 1.82) is 0 Å². The van der Waals surface area contributed by atoms with Crippen LogP contribution in [0.1, 0.15) is 18.4 Å². The number of hydrogen-bond acceptors (Lipinski definition) is 8. The van der Waals surface area contributed by atoms with Gasteiger partial charge < -0.3 is 25.2 Å². The van der Waals surface area contributed by atoms with Gasteiger partial charge in [0.15, 0.2) is 0 Å². The summed E-state index contributed by atoms with van der Waals surface area (Å²) in [7, 11) is 0. The van der Waals surface area contributed by atoms with Gasteiger partial charge in [-0.1, -0.05) is 6.07 Å². The van der Waals surface area contributed by atoms with Crippen LogP contribution in [0.5, 0.6) is 0 Å². The molecule has 0 aliphatic carbocycles. The number of ether oxygens (including phenoxy) is 1. The van der Waals surface area contributed by atoms with E-state index in [-0.39, 0.29) is 23.6 Å². The highest BCUT2D eigenvalue weighted by atomic mass is 16.5. The summed E-state index contributed by atoms with van der Waals surface area (Å²) in [6.45, 7) is 12.9. The highest BCUT2D eigenvalue weighted by Crippen LogP contribution is 2.27. The minimum absolute atomic E-state index is 0.0543. The molecular weight excluding hydrogens is 436 g/mol. The monoisotopic (exact) mass is 466 g/mol. The Hall–Kier alpha value is -3.49. The van der Waals surface area contributed by atoms with Crippen LogP contribution in [0.25, 0.3) is 4.85 Å². The number of pyridine rings is 1. The van der Waals surface area contributed by atoms with E-state index in [1.165, 1.54) is 0 Å². The number of nitrogens with one attached hydrogen (secondary N) is 1. The minimum atomic E-state index is -0.209. The second-order valence-corrected chi connectivity index (χ2v) is 8.58. The average Bonchev–Trinajstić information content (AvgIpc) is 3.28. The molecular formula is C23H30N8O3. The topological polar surface area (TPSA) is 125 Å². The van der Waals surface area contributed by atoms with E-state index in [1.807, 2.05) is 11.0 Å². The molecule has 11 nitrogen and oxygen atoms in total. The van der Waals surface area contributed by atoms with E-state index in [1.54, 1.807) is 25.4 Å². The van der Waals surface area contributed by atoms with Crippen LogP contribution in [-0.2, 0) is 9.53 Å². The molecule has 4 rings (SSSR count).